The second-order valence-corrected chi connectivity index (χ2v) is 4.16. The minimum Gasteiger partial charge on any atom is -0.366 e. The molecule has 2 rings (SSSR count). The summed E-state index contributed by atoms with van der Waals surface area (Å²) in [6, 6.07) is 3.44. The van der Waals surface area contributed by atoms with Crippen LogP contribution in [0.25, 0.3) is 0 Å². The normalized spacial score (nSPS) is 14.1. The third kappa shape index (κ3) is 2.38. The van der Waals surface area contributed by atoms with Gasteiger partial charge >= 0.3 is 0 Å². The van der Waals surface area contributed by atoms with Gasteiger partial charge in [0.05, 0.1) is 17.8 Å². The van der Waals surface area contributed by atoms with Gasteiger partial charge in [-0.2, -0.15) is 5.10 Å². The maximum Gasteiger partial charge on any atom is 0.251 e. The minimum absolute atomic E-state index is 0.152. The highest BCUT2D eigenvalue weighted by Gasteiger charge is 2.19. The molecule has 6 heteroatoms. The van der Waals surface area contributed by atoms with Gasteiger partial charge in [0.1, 0.15) is 0 Å². The van der Waals surface area contributed by atoms with Crippen molar-refractivity contribution in [1.29, 1.82) is 0 Å². The highest BCUT2D eigenvalue weighted by molar-refractivity contribution is 5.92. The molecule has 2 unspecified atom stereocenters. The van der Waals surface area contributed by atoms with Crippen LogP contribution in [0, 0.1) is 0 Å². The van der Waals surface area contributed by atoms with Crippen LogP contribution in [0.1, 0.15) is 28.9 Å². The van der Waals surface area contributed by atoms with Crippen molar-refractivity contribution < 1.29 is 4.79 Å². The van der Waals surface area contributed by atoms with Crippen LogP contribution in [0.2, 0.25) is 0 Å². The van der Waals surface area contributed by atoms with Gasteiger partial charge in [-0.3, -0.25) is 14.5 Å². The summed E-state index contributed by atoms with van der Waals surface area (Å²) in [4.78, 5) is 15.0. The highest BCUT2D eigenvalue weighted by atomic mass is 16.1. The lowest BCUT2D eigenvalue weighted by Gasteiger charge is -2.21. The van der Waals surface area contributed by atoms with E-state index in [2.05, 4.69) is 10.1 Å². The lowest BCUT2D eigenvalue weighted by molar-refractivity contribution is 0.1000. The van der Waals surface area contributed by atoms with Crippen LogP contribution in [-0.4, -0.2) is 26.7 Å². The van der Waals surface area contributed by atoms with Crippen LogP contribution in [0.4, 0.5) is 0 Å². The second-order valence-electron chi connectivity index (χ2n) is 4.16. The zero-order valence-corrected chi connectivity index (χ0v) is 10.0. The van der Waals surface area contributed by atoms with Crippen molar-refractivity contribution in [2.24, 2.45) is 11.5 Å². The Morgan fingerprint density at radius 1 is 1.39 bits per heavy atom. The average Bonchev–Trinajstić information content (AvgIpc) is 2.79. The quantitative estimate of drug-likeness (QED) is 0.809. The standard InChI is InChI=1S/C12H15N5O/c1-8(13)11(9-2-4-15-5-3-9)17-7-10(6-16-17)12(14)18/h2-8,11H,13H2,1H3,(H2,14,18). The molecule has 18 heavy (non-hydrogen) atoms. The number of rotatable bonds is 4. The average molecular weight is 245 g/mol. The number of amides is 1. The van der Waals surface area contributed by atoms with E-state index in [1.807, 2.05) is 19.1 Å². The molecule has 0 aliphatic rings. The first-order valence-corrected chi connectivity index (χ1v) is 5.59. The largest absolute Gasteiger partial charge is 0.366 e. The van der Waals surface area contributed by atoms with E-state index in [1.54, 1.807) is 23.3 Å². The first kappa shape index (κ1) is 12.3. The van der Waals surface area contributed by atoms with Gasteiger partial charge in [0, 0.05) is 24.6 Å². The Morgan fingerprint density at radius 3 is 2.56 bits per heavy atom. The highest BCUT2D eigenvalue weighted by Crippen LogP contribution is 2.20. The number of primary amides is 1. The molecular formula is C12H15N5O. The van der Waals surface area contributed by atoms with E-state index in [9.17, 15) is 4.79 Å². The summed E-state index contributed by atoms with van der Waals surface area (Å²) >= 11 is 0. The summed E-state index contributed by atoms with van der Waals surface area (Å²) in [5.41, 5.74) is 12.6. The zero-order valence-electron chi connectivity index (χ0n) is 10.0. The van der Waals surface area contributed by atoms with E-state index in [4.69, 9.17) is 11.5 Å². The van der Waals surface area contributed by atoms with Crippen molar-refractivity contribution in [2.75, 3.05) is 0 Å². The number of hydrogen-bond acceptors (Lipinski definition) is 4. The molecule has 2 aromatic heterocycles. The molecule has 0 bridgehead atoms. The summed E-state index contributed by atoms with van der Waals surface area (Å²) in [5.74, 6) is -0.501. The first-order valence-electron chi connectivity index (χ1n) is 5.59. The van der Waals surface area contributed by atoms with Crippen LogP contribution in [0.5, 0.6) is 0 Å². The van der Waals surface area contributed by atoms with Gasteiger partial charge in [-0.25, -0.2) is 0 Å². The lowest BCUT2D eigenvalue weighted by Crippen LogP contribution is -2.30. The smallest absolute Gasteiger partial charge is 0.251 e. The summed E-state index contributed by atoms with van der Waals surface area (Å²) in [7, 11) is 0. The molecule has 0 aliphatic carbocycles. The molecule has 2 heterocycles. The predicted molar refractivity (Wildman–Crippen MR) is 66.8 cm³/mol. The molecule has 2 aromatic rings. The molecule has 0 aromatic carbocycles. The Balaban J connectivity index is 2.39. The van der Waals surface area contributed by atoms with Crippen molar-refractivity contribution >= 4 is 5.91 Å². The van der Waals surface area contributed by atoms with Crippen molar-refractivity contribution in [3.8, 4) is 0 Å². The number of pyridine rings is 1. The molecule has 2 atom stereocenters. The van der Waals surface area contributed by atoms with E-state index in [1.165, 1.54) is 6.20 Å². The number of carbonyl (C=O) groups is 1. The predicted octanol–water partition coefficient (Wildman–Crippen LogP) is 0.314. The van der Waals surface area contributed by atoms with Crippen molar-refractivity contribution in [2.45, 2.75) is 19.0 Å². The van der Waals surface area contributed by atoms with Crippen LogP contribution in [0.3, 0.4) is 0 Å². The maximum absolute atomic E-state index is 11.1. The fourth-order valence-corrected chi connectivity index (χ4v) is 1.88. The molecule has 0 saturated heterocycles. The van der Waals surface area contributed by atoms with Gasteiger partial charge < -0.3 is 11.5 Å². The number of carbonyl (C=O) groups excluding carboxylic acids is 1. The van der Waals surface area contributed by atoms with Gasteiger partial charge in [0.2, 0.25) is 0 Å². The lowest BCUT2D eigenvalue weighted by atomic mass is 10.0. The van der Waals surface area contributed by atoms with E-state index in [0.29, 0.717) is 5.56 Å². The number of aromatic nitrogens is 3. The van der Waals surface area contributed by atoms with E-state index in [0.717, 1.165) is 5.56 Å². The Morgan fingerprint density at radius 2 is 2.06 bits per heavy atom. The van der Waals surface area contributed by atoms with Crippen molar-refractivity contribution in [3.05, 3.63) is 48.0 Å². The van der Waals surface area contributed by atoms with Gasteiger partial charge in [0.15, 0.2) is 0 Å². The van der Waals surface area contributed by atoms with Gasteiger partial charge in [-0.15, -0.1) is 0 Å². The molecule has 0 aliphatic heterocycles. The SMILES string of the molecule is CC(N)C(c1ccncc1)n1cc(C(N)=O)cn1. The number of hydrogen-bond donors (Lipinski definition) is 2. The third-order valence-electron chi connectivity index (χ3n) is 2.72. The van der Waals surface area contributed by atoms with E-state index >= 15 is 0 Å². The zero-order chi connectivity index (χ0) is 13.1. The Bertz CT molecular complexity index is 534. The van der Waals surface area contributed by atoms with Crippen LogP contribution in [0.15, 0.2) is 36.9 Å². The van der Waals surface area contributed by atoms with Crippen molar-refractivity contribution in [3.63, 3.8) is 0 Å². The van der Waals surface area contributed by atoms with E-state index < -0.39 is 5.91 Å². The number of nitrogens with zero attached hydrogens (tertiary/aromatic N) is 3. The Labute approximate surface area is 105 Å². The fraction of sp³-hybridized carbons (Fsp3) is 0.250. The molecular weight excluding hydrogens is 230 g/mol. The van der Waals surface area contributed by atoms with Gasteiger partial charge in [-0.05, 0) is 24.6 Å². The maximum atomic E-state index is 11.1. The minimum atomic E-state index is -0.501. The first-order chi connectivity index (χ1) is 8.59. The van der Waals surface area contributed by atoms with Crippen molar-refractivity contribution in [1.82, 2.24) is 14.8 Å². The molecule has 4 N–H and O–H groups in total. The molecule has 94 valence electrons. The fourth-order valence-electron chi connectivity index (χ4n) is 1.88. The Kier molecular flexibility index (Phi) is 3.38. The molecule has 0 spiro atoms. The summed E-state index contributed by atoms with van der Waals surface area (Å²) in [5, 5.41) is 4.15. The third-order valence-corrected chi connectivity index (χ3v) is 2.72. The molecule has 6 nitrogen and oxygen atoms in total. The molecule has 0 radical (unpaired) electrons. The summed E-state index contributed by atoms with van der Waals surface area (Å²) in [6.07, 6.45) is 6.45. The monoisotopic (exact) mass is 245 g/mol. The van der Waals surface area contributed by atoms with Crippen LogP contribution < -0.4 is 11.5 Å². The molecule has 1 amide bonds. The van der Waals surface area contributed by atoms with Crippen LogP contribution in [-0.2, 0) is 0 Å². The van der Waals surface area contributed by atoms with Gasteiger partial charge in [0.25, 0.3) is 5.91 Å². The second kappa shape index (κ2) is 4.97. The van der Waals surface area contributed by atoms with E-state index in [-0.39, 0.29) is 12.1 Å². The van der Waals surface area contributed by atoms with Crippen LogP contribution >= 0.6 is 0 Å². The summed E-state index contributed by atoms with van der Waals surface area (Å²) in [6.45, 7) is 1.89. The summed E-state index contributed by atoms with van der Waals surface area (Å²) < 4.78 is 1.65. The Hall–Kier alpha value is -2.21. The molecule has 0 saturated carbocycles. The van der Waals surface area contributed by atoms with Gasteiger partial charge in [-0.1, -0.05) is 0 Å². The topological polar surface area (TPSA) is 99.8 Å². The number of nitrogens with two attached hydrogens (primary N) is 2. The molecule has 0 fully saturated rings.